The second-order valence-electron chi connectivity index (χ2n) is 4.37. The standard InChI is InChI=1S/C13H16N.ClHO4/c1-10(2)14-9-8-12-6-4-5-7-13(12)11(14)3;2-1(3,4)5/h4-10H,1-3H3;(H,2,3,4,5)/q+1;/p-1. The van der Waals surface area contributed by atoms with Crippen LogP contribution in [0.1, 0.15) is 25.6 Å². The molecule has 0 radical (unpaired) electrons. The van der Waals surface area contributed by atoms with Gasteiger partial charge < -0.3 is 0 Å². The summed E-state index contributed by atoms with van der Waals surface area (Å²) in [6.45, 7) is 6.60. The predicted octanol–water partition coefficient (Wildman–Crippen LogP) is -1.74. The number of nitrogens with zero attached hydrogens (tertiary/aromatic N) is 1. The Labute approximate surface area is 114 Å². The maximum atomic E-state index is 8.49. The number of halogens is 1. The van der Waals surface area contributed by atoms with Crippen molar-refractivity contribution in [2.75, 3.05) is 0 Å². The fourth-order valence-electron chi connectivity index (χ4n) is 1.94. The minimum absolute atomic E-state index is 0.527. The summed E-state index contributed by atoms with van der Waals surface area (Å²) in [5, 5.41) is 2.67. The van der Waals surface area contributed by atoms with Crippen molar-refractivity contribution in [2.24, 2.45) is 0 Å². The Morgan fingerprint density at radius 1 is 1.00 bits per heavy atom. The lowest BCUT2D eigenvalue weighted by atomic mass is 10.1. The van der Waals surface area contributed by atoms with Gasteiger partial charge in [-0.2, -0.15) is 0 Å². The summed E-state index contributed by atoms with van der Waals surface area (Å²) in [5.74, 6) is 0. The van der Waals surface area contributed by atoms with Crippen LogP contribution in [0.5, 0.6) is 0 Å². The predicted molar refractivity (Wildman–Crippen MR) is 59.3 cm³/mol. The summed E-state index contributed by atoms with van der Waals surface area (Å²) in [6, 6.07) is 11.2. The lowest BCUT2D eigenvalue weighted by Gasteiger charge is -2.17. The van der Waals surface area contributed by atoms with Crippen molar-refractivity contribution >= 4 is 10.8 Å². The Bertz CT molecular complexity index is 546. The quantitative estimate of drug-likeness (QED) is 0.581. The van der Waals surface area contributed by atoms with Crippen LogP contribution in [0.2, 0.25) is 0 Å². The van der Waals surface area contributed by atoms with Gasteiger partial charge in [-0.3, -0.25) is 0 Å². The molecule has 1 aromatic heterocycles. The van der Waals surface area contributed by atoms with Gasteiger partial charge in [0, 0.05) is 18.4 Å². The van der Waals surface area contributed by atoms with Crippen molar-refractivity contribution in [3.05, 3.63) is 42.2 Å². The third-order valence-electron chi connectivity index (χ3n) is 2.71. The molecule has 0 amide bonds. The number of pyridine rings is 1. The molecule has 0 saturated carbocycles. The molecule has 2 rings (SSSR count). The lowest BCUT2D eigenvalue weighted by Crippen LogP contribution is -2.68. The molecule has 6 heteroatoms. The molecule has 1 aromatic carbocycles. The van der Waals surface area contributed by atoms with E-state index in [0.717, 1.165) is 0 Å². The first-order valence-corrected chi connectivity index (χ1v) is 6.95. The van der Waals surface area contributed by atoms with Gasteiger partial charge in [-0.15, -0.1) is 10.2 Å². The van der Waals surface area contributed by atoms with Gasteiger partial charge >= 0.3 is 0 Å². The smallest absolute Gasteiger partial charge is 0.186 e. The molecule has 0 fully saturated rings. The van der Waals surface area contributed by atoms with E-state index in [1.54, 1.807) is 0 Å². The average Bonchev–Trinajstić information content (AvgIpc) is 2.27. The van der Waals surface area contributed by atoms with Crippen LogP contribution in [0.3, 0.4) is 0 Å². The van der Waals surface area contributed by atoms with Crippen LogP contribution in [0.15, 0.2) is 36.5 Å². The zero-order valence-electron chi connectivity index (χ0n) is 11.0. The highest BCUT2D eigenvalue weighted by molar-refractivity contribution is 5.83. The Morgan fingerprint density at radius 3 is 2.05 bits per heavy atom. The summed E-state index contributed by atoms with van der Waals surface area (Å²) in [6.07, 6.45) is 2.17. The molecule has 5 nitrogen and oxygen atoms in total. The van der Waals surface area contributed by atoms with Crippen LogP contribution >= 0.6 is 0 Å². The van der Waals surface area contributed by atoms with Crippen molar-refractivity contribution in [3.8, 4) is 0 Å². The molecule has 0 aliphatic carbocycles. The maximum absolute atomic E-state index is 8.49. The number of benzene rings is 1. The van der Waals surface area contributed by atoms with Crippen molar-refractivity contribution in [3.63, 3.8) is 0 Å². The Kier molecular flexibility index (Phi) is 5.22. The minimum Gasteiger partial charge on any atom is -0.222 e. The number of hydrogen-bond donors (Lipinski definition) is 0. The number of rotatable bonds is 1. The van der Waals surface area contributed by atoms with Gasteiger partial charge in [0.25, 0.3) is 0 Å². The highest BCUT2D eigenvalue weighted by Gasteiger charge is 2.12. The molecule has 19 heavy (non-hydrogen) atoms. The SMILES string of the molecule is Cc1c2ccccc2cc[n+]1C(C)C.[O-][Cl+3]([O-])([O-])[O-]. The molecular weight excluding hydrogens is 270 g/mol. The van der Waals surface area contributed by atoms with Gasteiger partial charge in [0.15, 0.2) is 17.9 Å². The monoisotopic (exact) mass is 285 g/mol. The molecule has 2 aromatic rings. The zero-order chi connectivity index (χ0) is 14.6. The average molecular weight is 286 g/mol. The highest BCUT2D eigenvalue weighted by atomic mass is 35.7. The van der Waals surface area contributed by atoms with Gasteiger partial charge in [-0.25, -0.2) is 23.2 Å². The first-order valence-electron chi connectivity index (χ1n) is 5.71. The van der Waals surface area contributed by atoms with Crippen molar-refractivity contribution in [2.45, 2.75) is 26.8 Å². The molecular formula is C13H16ClNO4. The molecule has 0 N–H and O–H groups in total. The zero-order valence-corrected chi connectivity index (χ0v) is 11.8. The summed E-state index contributed by atoms with van der Waals surface area (Å²) in [7, 11) is -4.94. The molecule has 0 aliphatic heterocycles. The normalized spacial score (nSPS) is 11.4. The van der Waals surface area contributed by atoms with Crippen LogP contribution < -0.4 is 23.2 Å². The fraction of sp³-hybridized carbons (Fsp3) is 0.308. The first kappa shape index (κ1) is 15.8. The van der Waals surface area contributed by atoms with E-state index in [9.17, 15) is 0 Å². The van der Waals surface area contributed by atoms with E-state index in [1.807, 2.05) is 0 Å². The molecule has 0 bridgehead atoms. The second kappa shape index (κ2) is 6.27. The van der Waals surface area contributed by atoms with Crippen LogP contribution in [-0.4, -0.2) is 0 Å². The molecule has 0 atom stereocenters. The van der Waals surface area contributed by atoms with Crippen LogP contribution in [-0.2, 0) is 0 Å². The molecule has 104 valence electrons. The van der Waals surface area contributed by atoms with E-state index in [4.69, 9.17) is 18.6 Å². The topological polar surface area (TPSA) is 96.1 Å². The summed E-state index contributed by atoms with van der Waals surface area (Å²) in [4.78, 5) is 0. The van der Waals surface area contributed by atoms with Gasteiger partial charge in [-0.05, 0) is 25.3 Å². The van der Waals surface area contributed by atoms with Gasteiger partial charge in [-0.1, -0.05) is 18.2 Å². The Morgan fingerprint density at radius 2 is 1.53 bits per heavy atom. The Balaban J connectivity index is 0.000000312. The van der Waals surface area contributed by atoms with Crippen molar-refractivity contribution in [1.29, 1.82) is 0 Å². The van der Waals surface area contributed by atoms with Crippen LogP contribution in [0.25, 0.3) is 10.8 Å². The summed E-state index contributed by atoms with van der Waals surface area (Å²) in [5.41, 5.74) is 1.35. The van der Waals surface area contributed by atoms with Gasteiger partial charge in [0.05, 0.1) is 0 Å². The fourth-order valence-corrected chi connectivity index (χ4v) is 1.94. The molecule has 0 aliphatic rings. The largest absolute Gasteiger partial charge is 0.222 e. The lowest BCUT2D eigenvalue weighted by molar-refractivity contribution is -2.00. The van der Waals surface area contributed by atoms with Crippen LogP contribution in [0.4, 0.5) is 0 Å². The third-order valence-corrected chi connectivity index (χ3v) is 2.71. The highest BCUT2D eigenvalue weighted by Crippen LogP contribution is 2.15. The van der Waals surface area contributed by atoms with E-state index in [2.05, 4.69) is 61.9 Å². The van der Waals surface area contributed by atoms with Crippen molar-refractivity contribution in [1.82, 2.24) is 0 Å². The minimum atomic E-state index is -4.94. The third kappa shape index (κ3) is 5.10. The summed E-state index contributed by atoms with van der Waals surface area (Å²) < 4.78 is 36.3. The maximum Gasteiger partial charge on any atom is 0.186 e. The molecule has 1 heterocycles. The van der Waals surface area contributed by atoms with Gasteiger partial charge in [0.2, 0.25) is 0 Å². The van der Waals surface area contributed by atoms with E-state index in [-0.39, 0.29) is 0 Å². The first-order chi connectivity index (χ1) is 8.70. The summed E-state index contributed by atoms with van der Waals surface area (Å²) >= 11 is 0. The number of aromatic nitrogens is 1. The van der Waals surface area contributed by atoms with Crippen LogP contribution in [0, 0.1) is 17.2 Å². The number of fused-ring (bicyclic) bond motifs is 1. The van der Waals surface area contributed by atoms with E-state index >= 15 is 0 Å². The number of aryl methyl sites for hydroxylation is 1. The molecule has 0 spiro atoms. The van der Waals surface area contributed by atoms with E-state index in [1.165, 1.54) is 16.5 Å². The molecule has 0 saturated heterocycles. The second-order valence-corrected chi connectivity index (χ2v) is 5.12. The molecule has 0 unspecified atom stereocenters. The van der Waals surface area contributed by atoms with E-state index < -0.39 is 10.2 Å². The van der Waals surface area contributed by atoms with Crippen molar-refractivity contribution < 1.29 is 33.4 Å². The Hall–Kier alpha value is -1.24. The number of hydrogen-bond acceptors (Lipinski definition) is 4. The van der Waals surface area contributed by atoms with Gasteiger partial charge in [0.1, 0.15) is 0 Å². The van der Waals surface area contributed by atoms with E-state index in [0.29, 0.717) is 6.04 Å².